The highest BCUT2D eigenvalue weighted by molar-refractivity contribution is 7.99. The lowest BCUT2D eigenvalue weighted by molar-refractivity contribution is -0.138. The lowest BCUT2D eigenvalue weighted by Crippen LogP contribution is -2.55. The van der Waals surface area contributed by atoms with Crippen LogP contribution in [0, 0.1) is 0 Å². The third-order valence-corrected chi connectivity index (χ3v) is 6.87. The standard InChI is InChI=1S/C24H26F3N3O4S/c1-16(31)28-20(14-35-19-4-2-3-18(12-19)24(25,26)27)23(32)30-9-7-29(8-10-30)13-17-5-6-21-22(11-17)34-15-33-21/h2-6,11-12,20H,7-10,13-15H2,1H3,(H,28,31). The van der Waals surface area contributed by atoms with Crippen LogP contribution in [0.5, 0.6) is 11.5 Å². The molecule has 0 bridgehead atoms. The van der Waals surface area contributed by atoms with Gasteiger partial charge in [0.25, 0.3) is 0 Å². The molecular formula is C24H26F3N3O4S. The van der Waals surface area contributed by atoms with Crippen LogP contribution >= 0.6 is 11.8 Å². The molecule has 7 nitrogen and oxygen atoms in total. The monoisotopic (exact) mass is 509 g/mol. The molecule has 0 saturated carbocycles. The van der Waals surface area contributed by atoms with Gasteiger partial charge in [-0.05, 0) is 35.9 Å². The zero-order valence-electron chi connectivity index (χ0n) is 19.1. The fourth-order valence-electron chi connectivity index (χ4n) is 4.01. The fraction of sp³-hybridized carbons (Fsp3) is 0.417. The molecule has 0 radical (unpaired) electrons. The summed E-state index contributed by atoms with van der Waals surface area (Å²) in [6.07, 6.45) is -4.44. The van der Waals surface area contributed by atoms with E-state index >= 15 is 0 Å². The smallest absolute Gasteiger partial charge is 0.416 e. The maximum absolute atomic E-state index is 13.1. The van der Waals surface area contributed by atoms with Crippen molar-refractivity contribution in [1.82, 2.24) is 15.1 Å². The molecule has 2 heterocycles. The second kappa shape index (κ2) is 10.8. The van der Waals surface area contributed by atoms with Crippen LogP contribution in [0.25, 0.3) is 0 Å². The first-order valence-electron chi connectivity index (χ1n) is 11.2. The van der Waals surface area contributed by atoms with Crippen LogP contribution in [0.1, 0.15) is 18.1 Å². The van der Waals surface area contributed by atoms with Crippen molar-refractivity contribution in [3.63, 3.8) is 0 Å². The quantitative estimate of drug-likeness (QED) is 0.578. The molecule has 2 aromatic carbocycles. The van der Waals surface area contributed by atoms with E-state index in [0.717, 1.165) is 41.0 Å². The lowest BCUT2D eigenvalue weighted by Gasteiger charge is -2.36. The Bertz CT molecular complexity index is 1070. The van der Waals surface area contributed by atoms with Gasteiger partial charge in [0.05, 0.1) is 5.56 Å². The molecule has 1 saturated heterocycles. The summed E-state index contributed by atoms with van der Waals surface area (Å²) < 4.78 is 49.8. The van der Waals surface area contributed by atoms with Gasteiger partial charge in [-0.3, -0.25) is 14.5 Å². The first-order valence-corrected chi connectivity index (χ1v) is 12.1. The minimum absolute atomic E-state index is 0.136. The molecule has 1 unspecified atom stereocenters. The van der Waals surface area contributed by atoms with Crippen molar-refractivity contribution in [2.45, 2.75) is 30.6 Å². The average Bonchev–Trinajstić information content (AvgIpc) is 3.29. The molecule has 35 heavy (non-hydrogen) atoms. The van der Waals surface area contributed by atoms with Crippen molar-refractivity contribution >= 4 is 23.6 Å². The van der Waals surface area contributed by atoms with Crippen LogP contribution in [0.3, 0.4) is 0 Å². The van der Waals surface area contributed by atoms with E-state index in [0.29, 0.717) is 37.6 Å². The number of thioether (sulfide) groups is 1. The fourth-order valence-corrected chi connectivity index (χ4v) is 4.98. The van der Waals surface area contributed by atoms with Crippen molar-refractivity contribution in [1.29, 1.82) is 0 Å². The average molecular weight is 510 g/mol. The maximum atomic E-state index is 13.1. The third kappa shape index (κ3) is 6.61. The SMILES string of the molecule is CC(=O)NC(CSc1cccc(C(F)(F)F)c1)C(=O)N1CCN(Cc2ccc3c(c2)OCO3)CC1. The van der Waals surface area contributed by atoms with Gasteiger partial charge in [0.1, 0.15) is 6.04 Å². The van der Waals surface area contributed by atoms with Gasteiger partial charge in [0.2, 0.25) is 18.6 Å². The lowest BCUT2D eigenvalue weighted by atomic mass is 10.1. The van der Waals surface area contributed by atoms with E-state index in [1.54, 1.807) is 11.0 Å². The van der Waals surface area contributed by atoms with Crippen molar-refractivity contribution in [2.24, 2.45) is 0 Å². The largest absolute Gasteiger partial charge is 0.454 e. The van der Waals surface area contributed by atoms with Crippen LogP contribution in [-0.4, -0.2) is 66.4 Å². The van der Waals surface area contributed by atoms with Crippen molar-refractivity contribution in [2.75, 3.05) is 38.7 Å². The molecule has 4 rings (SSSR count). The Morgan fingerprint density at radius 3 is 2.51 bits per heavy atom. The normalized spacial score (nSPS) is 16.7. The topological polar surface area (TPSA) is 71.1 Å². The third-order valence-electron chi connectivity index (χ3n) is 5.78. The first kappa shape index (κ1) is 25.2. The number of nitrogens with one attached hydrogen (secondary N) is 1. The predicted octanol–water partition coefficient (Wildman–Crippen LogP) is 3.38. The second-order valence-electron chi connectivity index (χ2n) is 8.38. The van der Waals surface area contributed by atoms with Gasteiger partial charge in [0.15, 0.2) is 11.5 Å². The van der Waals surface area contributed by atoms with E-state index in [1.807, 2.05) is 18.2 Å². The van der Waals surface area contributed by atoms with Crippen LogP contribution in [0.4, 0.5) is 13.2 Å². The Hall–Kier alpha value is -2.92. The van der Waals surface area contributed by atoms with Crippen molar-refractivity contribution in [3.05, 3.63) is 53.6 Å². The highest BCUT2D eigenvalue weighted by Gasteiger charge is 2.31. The van der Waals surface area contributed by atoms with Gasteiger partial charge in [0, 0.05) is 50.3 Å². The van der Waals surface area contributed by atoms with E-state index in [9.17, 15) is 22.8 Å². The predicted molar refractivity (Wildman–Crippen MR) is 124 cm³/mol. The van der Waals surface area contributed by atoms with Crippen LogP contribution in [-0.2, 0) is 22.3 Å². The molecule has 0 aromatic heterocycles. The summed E-state index contributed by atoms with van der Waals surface area (Å²) in [6, 6.07) is 9.95. The van der Waals surface area contributed by atoms with E-state index in [4.69, 9.17) is 9.47 Å². The maximum Gasteiger partial charge on any atom is 0.416 e. The first-order chi connectivity index (χ1) is 16.7. The number of amides is 2. The van der Waals surface area contributed by atoms with Crippen LogP contribution in [0.2, 0.25) is 0 Å². The number of benzene rings is 2. The van der Waals surface area contributed by atoms with Gasteiger partial charge in [-0.25, -0.2) is 0 Å². The molecular weight excluding hydrogens is 483 g/mol. The minimum atomic E-state index is -4.44. The molecule has 1 N–H and O–H groups in total. The zero-order valence-corrected chi connectivity index (χ0v) is 20.0. The Morgan fingerprint density at radius 2 is 1.80 bits per heavy atom. The van der Waals surface area contributed by atoms with Crippen molar-refractivity contribution in [3.8, 4) is 11.5 Å². The highest BCUT2D eigenvalue weighted by Crippen LogP contribution is 2.33. The summed E-state index contributed by atoms with van der Waals surface area (Å²) in [4.78, 5) is 29.2. The van der Waals surface area contributed by atoms with E-state index in [2.05, 4.69) is 10.2 Å². The Balaban J connectivity index is 1.32. The molecule has 188 valence electrons. The number of rotatable bonds is 7. The second-order valence-corrected chi connectivity index (χ2v) is 9.47. The van der Waals surface area contributed by atoms with E-state index in [-0.39, 0.29) is 24.4 Å². The summed E-state index contributed by atoms with van der Waals surface area (Å²) in [5.41, 5.74) is 0.339. The van der Waals surface area contributed by atoms with Crippen LogP contribution in [0.15, 0.2) is 47.4 Å². The Morgan fingerprint density at radius 1 is 1.06 bits per heavy atom. The summed E-state index contributed by atoms with van der Waals surface area (Å²) in [5, 5.41) is 2.65. The van der Waals surface area contributed by atoms with Crippen LogP contribution < -0.4 is 14.8 Å². The van der Waals surface area contributed by atoms with Gasteiger partial charge in [-0.2, -0.15) is 13.2 Å². The molecule has 1 fully saturated rings. The number of carbonyl (C=O) groups is 2. The highest BCUT2D eigenvalue weighted by atomic mass is 32.2. The number of alkyl halides is 3. The number of hydrogen-bond acceptors (Lipinski definition) is 6. The number of fused-ring (bicyclic) bond motifs is 1. The number of piperazine rings is 1. The molecule has 11 heteroatoms. The van der Waals surface area contributed by atoms with Crippen molar-refractivity contribution < 1.29 is 32.2 Å². The molecule has 2 aliphatic rings. The number of carbonyl (C=O) groups excluding carboxylic acids is 2. The Labute approximate surface area is 205 Å². The molecule has 2 aliphatic heterocycles. The summed E-state index contributed by atoms with van der Waals surface area (Å²) in [5.74, 6) is 0.998. The zero-order chi connectivity index (χ0) is 25.0. The molecule has 0 spiro atoms. The van der Waals surface area contributed by atoms with E-state index in [1.165, 1.54) is 13.0 Å². The number of halogens is 3. The summed E-state index contributed by atoms with van der Waals surface area (Å²) >= 11 is 1.11. The Kier molecular flexibility index (Phi) is 7.75. The molecule has 1 atom stereocenters. The number of nitrogens with zero attached hydrogens (tertiary/aromatic N) is 2. The number of hydrogen-bond donors (Lipinski definition) is 1. The molecule has 2 aromatic rings. The van der Waals surface area contributed by atoms with E-state index < -0.39 is 17.8 Å². The van der Waals surface area contributed by atoms with Gasteiger partial charge in [-0.1, -0.05) is 12.1 Å². The van der Waals surface area contributed by atoms with Gasteiger partial charge in [-0.15, -0.1) is 11.8 Å². The van der Waals surface area contributed by atoms with Gasteiger partial charge >= 0.3 is 6.18 Å². The minimum Gasteiger partial charge on any atom is -0.454 e. The summed E-state index contributed by atoms with van der Waals surface area (Å²) in [6.45, 7) is 4.56. The summed E-state index contributed by atoms with van der Waals surface area (Å²) in [7, 11) is 0. The molecule has 2 amide bonds. The number of ether oxygens (including phenoxy) is 2. The van der Waals surface area contributed by atoms with Gasteiger partial charge < -0.3 is 19.7 Å². The molecule has 0 aliphatic carbocycles.